The van der Waals surface area contributed by atoms with Gasteiger partial charge in [-0.2, -0.15) is 10.2 Å². The number of carbonyl (C=O) groups excluding carboxylic acids is 1. The van der Waals surface area contributed by atoms with E-state index in [2.05, 4.69) is 15.5 Å². The summed E-state index contributed by atoms with van der Waals surface area (Å²) in [5.41, 5.74) is 2.15. The zero-order valence-electron chi connectivity index (χ0n) is 14.1. The SMILES string of the molecule is CCn1cc(/C=C/C(=O)Nc2cnn(Cc3ccc(F)cc3Cl)c2)cn1. The molecule has 134 valence electrons. The number of hydrogen-bond donors (Lipinski definition) is 1. The van der Waals surface area contributed by atoms with Gasteiger partial charge in [0.05, 0.1) is 24.6 Å². The van der Waals surface area contributed by atoms with Crippen LogP contribution in [0.15, 0.2) is 49.1 Å². The van der Waals surface area contributed by atoms with Crippen LogP contribution in [-0.2, 0) is 17.9 Å². The lowest BCUT2D eigenvalue weighted by Gasteiger charge is -2.04. The third kappa shape index (κ3) is 4.58. The Hall–Kier alpha value is -2.93. The van der Waals surface area contributed by atoms with Crippen LogP contribution >= 0.6 is 11.6 Å². The molecule has 2 heterocycles. The zero-order chi connectivity index (χ0) is 18.5. The summed E-state index contributed by atoms with van der Waals surface area (Å²) in [5, 5.41) is 11.4. The number of hydrogen-bond acceptors (Lipinski definition) is 3. The summed E-state index contributed by atoms with van der Waals surface area (Å²) < 4.78 is 16.5. The molecule has 1 amide bonds. The van der Waals surface area contributed by atoms with Gasteiger partial charge in [0, 0.05) is 35.6 Å². The van der Waals surface area contributed by atoms with E-state index in [1.165, 1.54) is 24.4 Å². The molecular weight excluding hydrogens is 357 g/mol. The molecule has 0 saturated heterocycles. The predicted octanol–water partition coefficient (Wildman–Crippen LogP) is 3.59. The summed E-state index contributed by atoms with van der Waals surface area (Å²) in [6.07, 6.45) is 9.90. The van der Waals surface area contributed by atoms with Crippen molar-refractivity contribution in [2.75, 3.05) is 5.32 Å². The van der Waals surface area contributed by atoms with Crippen LogP contribution in [0, 0.1) is 5.82 Å². The van der Waals surface area contributed by atoms with E-state index in [4.69, 9.17) is 11.6 Å². The largest absolute Gasteiger partial charge is 0.320 e. The standard InChI is InChI=1S/C18H17ClFN5O/c1-2-24-10-13(8-21-24)3-6-18(26)23-16-9-22-25(12-16)11-14-4-5-15(20)7-17(14)19/h3-10,12H,2,11H2,1H3,(H,23,26)/b6-3+. The molecule has 1 aromatic carbocycles. The van der Waals surface area contributed by atoms with Gasteiger partial charge in [0.2, 0.25) is 5.91 Å². The van der Waals surface area contributed by atoms with Crippen LogP contribution in [0.3, 0.4) is 0 Å². The Bertz CT molecular complexity index is 947. The van der Waals surface area contributed by atoms with E-state index in [1.807, 2.05) is 13.1 Å². The normalized spacial score (nSPS) is 11.2. The molecule has 3 aromatic rings. The molecule has 3 rings (SSSR count). The van der Waals surface area contributed by atoms with Gasteiger partial charge >= 0.3 is 0 Å². The number of anilines is 1. The van der Waals surface area contributed by atoms with Crippen molar-refractivity contribution in [1.29, 1.82) is 0 Å². The van der Waals surface area contributed by atoms with Crippen molar-refractivity contribution in [3.05, 3.63) is 71.0 Å². The van der Waals surface area contributed by atoms with E-state index in [-0.39, 0.29) is 11.7 Å². The second kappa shape index (κ2) is 7.97. The summed E-state index contributed by atoms with van der Waals surface area (Å²) in [6, 6.07) is 4.21. The van der Waals surface area contributed by atoms with Crippen LogP contribution in [0.2, 0.25) is 5.02 Å². The minimum absolute atomic E-state index is 0.270. The predicted molar refractivity (Wildman–Crippen MR) is 98.3 cm³/mol. The topological polar surface area (TPSA) is 64.7 Å². The molecule has 0 aliphatic heterocycles. The Kier molecular flexibility index (Phi) is 5.48. The number of benzene rings is 1. The molecule has 2 aromatic heterocycles. The monoisotopic (exact) mass is 373 g/mol. The fourth-order valence-corrected chi connectivity index (χ4v) is 2.56. The van der Waals surface area contributed by atoms with Gasteiger partial charge < -0.3 is 5.32 Å². The van der Waals surface area contributed by atoms with Crippen LogP contribution in [0.1, 0.15) is 18.1 Å². The molecule has 0 saturated carbocycles. The van der Waals surface area contributed by atoms with E-state index in [9.17, 15) is 9.18 Å². The molecule has 0 fully saturated rings. The fourth-order valence-electron chi connectivity index (χ4n) is 2.33. The highest BCUT2D eigenvalue weighted by Gasteiger charge is 2.06. The van der Waals surface area contributed by atoms with E-state index in [0.717, 1.165) is 17.7 Å². The number of aryl methyl sites for hydroxylation is 1. The van der Waals surface area contributed by atoms with E-state index < -0.39 is 0 Å². The average Bonchev–Trinajstić information content (AvgIpc) is 3.25. The van der Waals surface area contributed by atoms with Gasteiger partial charge in [0.15, 0.2) is 0 Å². The molecule has 0 atom stereocenters. The summed E-state index contributed by atoms with van der Waals surface area (Å²) in [5.74, 6) is -0.656. The van der Waals surface area contributed by atoms with Crippen molar-refractivity contribution in [1.82, 2.24) is 19.6 Å². The van der Waals surface area contributed by atoms with Gasteiger partial charge in [-0.25, -0.2) is 4.39 Å². The Morgan fingerprint density at radius 3 is 2.81 bits per heavy atom. The van der Waals surface area contributed by atoms with Crippen LogP contribution in [0.25, 0.3) is 6.08 Å². The molecule has 6 nitrogen and oxygen atoms in total. The molecule has 0 unspecified atom stereocenters. The summed E-state index contributed by atoms with van der Waals surface area (Å²) >= 11 is 6.02. The molecule has 0 spiro atoms. The maximum absolute atomic E-state index is 13.1. The molecule has 0 aliphatic rings. The lowest BCUT2D eigenvalue weighted by Crippen LogP contribution is -2.07. The van der Waals surface area contributed by atoms with Crippen molar-refractivity contribution < 1.29 is 9.18 Å². The minimum Gasteiger partial charge on any atom is -0.320 e. The number of aromatic nitrogens is 4. The third-order valence-corrected chi connectivity index (χ3v) is 4.00. The number of halogens is 2. The third-order valence-electron chi connectivity index (χ3n) is 3.65. The van der Waals surface area contributed by atoms with Crippen molar-refractivity contribution in [2.24, 2.45) is 0 Å². The highest BCUT2D eigenvalue weighted by atomic mass is 35.5. The van der Waals surface area contributed by atoms with Crippen molar-refractivity contribution in [2.45, 2.75) is 20.0 Å². The first-order valence-corrected chi connectivity index (χ1v) is 8.39. The Labute approximate surface area is 154 Å². The second-order valence-corrected chi connectivity index (χ2v) is 6.02. The first-order chi connectivity index (χ1) is 12.5. The van der Waals surface area contributed by atoms with Crippen LogP contribution in [-0.4, -0.2) is 25.5 Å². The summed E-state index contributed by atoms with van der Waals surface area (Å²) in [4.78, 5) is 12.0. The Morgan fingerprint density at radius 2 is 2.08 bits per heavy atom. The second-order valence-electron chi connectivity index (χ2n) is 5.61. The highest BCUT2D eigenvalue weighted by Crippen LogP contribution is 2.18. The van der Waals surface area contributed by atoms with E-state index >= 15 is 0 Å². The van der Waals surface area contributed by atoms with Crippen LogP contribution in [0.4, 0.5) is 10.1 Å². The zero-order valence-corrected chi connectivity index (χ0v) is 14.8. The van der Waals surface area contributed by atoms with Crippen LogP contribution < -0.4 is 5.32 Å². The quantitative estimate of drug-likeness (QED) is 0.671. The fraction of sp³-hybridized carbons (Fsp3) is 0.167. The van der Waals surface area contributed by atoms with Gasteiger partial charge in [-0.15, -0.1) is 0 Å². The molecule has 0 bridgehead atoms. The van der Waals surface area contributed by atoms with Gasteiger partial charge in [0.25, 0.3) is 0 Å². The number of rotatable bonds is 6. The summed E-state index contributed by atoms with van der Waals surface area (Å²) in [6.45, 7) is 3.14. The maximum Gasteiger partial charge on any atom is 0.248 e. The maximum atomic E-state index is 13.1. The van der Waals surface area contributed by atoms with Crippen molar-refractivity contribution in [3.63, 3.8) is 0 Å². The molecule has 26 heavy (non-hydrogen) atoms. The number of amides is 1. The lowest BCUT2D eigenvalue weighted by molar-refractivity contribution is -0.111. The van der Waals surface area contributed by atoms with Crippen molar-refractivity contribution in [3.8, 4) is 0 Å². The van der Waals surface area contributed by atoms with E-state index in [1.54, 1.807) is 33.9 Å². The Balaban J connectivity index is 1.59. The number of carbonyl (C=O) groups is 1. The van der Waals surface area contributed by atoms with E-state index in [0.29, 0.717) is 17.3 Å². The molecule has 0 aliphatic carbocycles. The lowest BCUT2D eigenvalue weighted by atomic mass is 10.2. The molecular formula is C18H17ClFN5O. The molecule has 8 heteroatoms. The van der Waals surface area contributed by atoms with Gasteiger partial charge in [-0.3, -0.25) is 14.2 Å². The molecule has 0 radical (unpaired) electrons. The summed E-state index contributed by atoms with van der Waals surface area (Å²) in [7, 11) is 0. The van der Waals surface area contributed by atoms with Crippen molar-refractivity contribution >= 4 is 29.3 Å². The number of nitrogens with one attached hydrogen (secondary N) is 1. The van der Waals surface area contributed by atoms with Gasteiger partial charge in [-0.05, 0) is 30.7 Å². The smallest absolute Gasteiger partial charge is 0.248 e. The number of nitrogens with zero attached hydrogens (tertiary/aromatic N) is 4. The van der Waals surface area contributed by atoms with Gasteiger partial charge in [-0.1, -0.05) is 17.7 Å². The minimum atomic E-state index is -0.386. The van der Waals surface area contributed by atoms with Gasteiger partial charge in [0.1, 0.15) is 5.82 Å². The first kappa shape index (κ1) is 17.9. The molecule has 1 N–H and O–H groups in total. The highest BCUT2D eigenvalue weighted by molar-refractivity contribution is 6.31. The first-order valence-electron chi connectivity index (χ1n) is 8.01. The van der Waals surface area contributed by atoms with Crippen LogP contribution in [0.5, 0.6) is 0 Å². The average molecular weight is 374 g/mol. The Morgan fingerprint density at radius 1 is 1.27 bits per heavy atom.